The Morgan fingerprint density at radius 3 is 2.40 bits per heavy atom. The molecule has 0 heterocycles. The lowest BCUT2D eigenvalue weighted by atomic mass is 10.8. The molecule has 0 aromatic heterocycles. The fourth-order valence-electron chi connectivity index (χ4n) is 0.286. The second kappa shape index (κ2) is 3.28. The predicted octanol–water partition coefficient (Wildman–Crippen LogP) is 1.25. The maximum absolute atomic E-state index is 11.1. The molecule has 10 heavy (non-hydrogen) atoms. The molecule has 0 aliphatic rings. The van der Waals surface area contributed by atoms with Gasteiger partial charge in [0, 0.05) is 6.54 Å². The first-order valence-corrected chi connectivity index (χ1v) is 2.49. The average molecular weight is 157 g/mol. The number of alkyl carbamates (subject to hydrolysis) is 1. The molecule has 0 rings (SSSR count). The Kier molecular flexibility index (Phi) is 2.98. The zero-order valence-electron chi connectivity index (χ0n) is 5.16. The lowest BCUT2D eigenvalue weighted by Gasteiger charge is -2.06. The fourth-order valence-corrected chi connectivity index (χ4v) is 0.286. The average Bonchev–Trinajstić information content (AvgIpc) is 1.59. The largest absolute Gasteiger partial charge is 0.576 e. The van der Waals surface area contributed by atoms with Crippen molar-refractivity contribution in [2.75, 3.05) is 6.54 Å². The summed E-state index contributed by atoms with van der Waals surface area (Å²) in [5, 5.41) is 1.82. The van der Waals surface area contributed by atoms with Crippen LogP contribution in [-0.2, 0) is 4.74 Å². The molecular formula is C4H6F3NO2. The second-order valence-electron chi connectivity index (χ2n) is 1.37. The number of alkyl halides is 3. The highest BCUT2D eigenvalue weighted by atomic mass is 19.4. The third-order valence-electron chi connectivity index (χ3n) is 0.530. The van der Waals surface area contributed by atoms with Crippen molar-refractivity contribution in [2.45, 2.75) is 13.3 Å². The number of rotatable bonds is 1. The molecule has 0 aromatic rings. The lowest BCUT2D eigenvalue weighted by Crippen LogP contribution is -2.29. The van der Waals surface area contributed by atoms with Crippen LogP contribution in [0.3, 0.4) is 0 Å². The van der Waals surface area contributed by atoms with Crippen molar-refractivity contribution < 1.29 is 22.7 Å². The van der Waals surface area contributed by atoms with Crippen molar-refractivity contribution in [2.24, 2.45) is 0 Å². The quantitative estimate of drug-likeness (QED) is 0.622. The summed E-state index contributed by atoms with van der Waals surface area (Å²) in [6.45, 7) is 1.59. The lowest BCUT2D eigenvalue weighted by molar-refractivity contribution is -0.291. The fraction of sp³-hybridized carbons (Fsp3) is 0.750. The summed E-state index contributed by atoms with van der Waals surface area (Å²) in [6, 6.07) is 0. The van der Waals surface area contributed by atoms with Gasteiger partial charge in [0.05, 0.1) is 0 Å². The van der Waals surface area contributed by atoms with Gasteiger partial charge in [0.15, 0.2) is 0 Å². The summed E-state index contributed by atoms with van der Waals surface area (Å²) in [5.41, 5.74) is 0. The summed E-state index contributed by atoms with van der Waals surface area (Å²) in [4.78, 5) is 10.0. The van der Waals surface area contributed by atoms with E-state index >= 15 is 0 Å². The Morgan fingerprint density at radius 1 is 1.60 bits per heavy atom. The van der Waals surface area contributed by atoms with E-state index in [1.54, 1.807) is 0 Å². The van der Waals surface area contributed by atoms with Gasteiger partial charge in [-0.15, -0.1) is 13.2 Å². The van der Waals surface area contributed by atoms with Crippen molar-refractivity contribution in [3.63, 3.8) is 0 Å². The maximum Gasteiger partial charge on any atom is 0.576 e. The maximum atomic E-state index is 11.1. The number of ether oxygens (including phenoxy) is 1. The normalized spacial score (nSPS) is 10.8. The Hall–Kier alpha value is -0.940. The molecule has 0 aliphatic carbocycles. The number of amides is 1. The first-order chi connectivity index (χ1) is 4.45. The van der Waals surface area contributed by atoms with Crippen LogP contribution in [0.15, 0.2) is 0 Å². The molecule has 0 saturated carbocycles. The molecule has 60 valence electrons. The van der Waals surface area contributed by atoms with Gasteiger partial charge in [-0.05, 0) is 6.92 Å². The van der Waals surface area contributed by atoms with Crippen LogP contribution in [0.1, 0.15) is 6.92 Å². The number of hydrogen-bond acceptors (Lipinski definition) is 2. The van der Waals surface area contributed by atoms with E-state index in [4.69, 9.17) is 0 Å². The van der Waals surface area contributed by atoms with Gasteiger partial charge in [0.1, 0.15) is 0 Å². The van der Waals surface area contributed by atoms with Crippen LogP contribution in [0, 0.1) is 0 Å². The molecule has 0 spiro atoms. The van der Waals surface area contributed by atoms with E-state index in [2.05, 4.69) is 4.74 Å². The molecule has 1 N–H and O–H groups in total. The van der Waals surface area contributed by atoms with E-state index in [1.807, 2.05) is 5.32 Å². The third kappa shape index (κ3) is 5.20. The molecule has 0 fully saturated rings. The van der Waals surface area contributed by atoms with E-state index < -0.39 is 12.5 Å². The van der Waals surface area contributed by atoms with E-state index in [9.17, 15) is 18.0 Å². The van der Waals surface area contributed by atoms with Crippen LogP contribution < -0.4 is 5.32 Å². The molecular weight excluding hydrogens is 151 g/mol. The second-order valence-corrected chi connectivity index (χ2v) is 1.37. The van der Waals surface area contributed by atoms with E-state index in [-0.39, 0.29) is 6.54 Å². The predicted molar refractivity (Wildman–Crippen MR) is 26.2 cm³/mol. The summed E-state index contributed by atoms with van der Waals surface area (Å²) >= 11 is 0. The first-order valence-electron chi connectivity index (χ1n) is 2.49. The topological polar surface area (TPSA) is 38.3 Å². The highest BCUT2D eigenvalue weighted by Gasteiger charge is 2.33. The van der Waals surface area contributed by atoms with Gasteiger partial charge in [-0.25, -0.2) is 4.79 Å². The molecule has 0 unspecified atom stereocenters. The Morgan fingerprint density at radius 2 is 2.10 bits per heavy atom. The minimum Gasteiger partial charge on any atom is -0.356 e. The highest BCUT2D eigenvalue weighted by molar-refractivity contribution is 5.67. The smallest absolute Gasteiger partial charge is 0.356 e. The van der Waals surface area contributed by atoms with Crippen molar-refractivity contribution in [1.82, 2.24) is 5.32 Å². The van der Waals surface area contributed by atoms with Gasteiger partial charge in [-0.1, -0.05) is 0 Å². The molecule has 0 saturated heterocycles. The van der Waals surface area contributed by atoms with Gasteiger partial charge in [-0.3, -0.25) is 0 Å². The molecule has 6 heteroatoms. The monoisotopic (exact) mass is 157 g/mol. The molecule has 1 amide bonds. The number of hydrogen-bond donors (Lipinski definition) is 1. The van der Waals surface area contributed by atoms with Gasteiger partial charge < -0.3 is 10.1 Å². The van der Waals surface area contributed by atoms with E-state index in [0.717, 1.165) is 0 Å². The van der Waals surface area contributed by atoms with Crippen molar-refractivity contribution in [3.8, 4) is 0 Å². The summed E-state index contributed by atoms with van der Waals surface area (Å²) in [7, 11) is 0. The van der Waals surface area contributed by atoms with Crippen LogP contribution in [0.2, 0.25) is 0 Å². The summed E-state index contributed by atoms with van der Waals surface area (Å²) in [5.74, 6) is 0. The third-order valence-corrected chi connectivity index (χ3v) is 0.530. The van der Waals surface area contributed by atoms with Crippen LogP contribution >= 0.6 is 0 Å². The van der Waals surface area contributed by atoms with E-state index in [1.165, 1.54) is 6.92 Å². The zero-order chi connectivity index (χ0) is 8.20. The molecule has 3 nitrogen and oxygen atoms in total. The minimum absolute atomic E-state index is 0.106. The standard InChI is InChI=1S/C4H6F3NO2/c1-2-8-3(9)10-4(5,6)7/h2H2,1H3,(H,8,9). The Bertz CT molecular complexity index is 122. The van der Waals surface area contributed by atoms with Crippen molar-refractivity contribution in [3.05, 3.63) is 0 Å². The first kappa shape index (κ1) is 9.06. The van der Waals surface area contributed by atoms with Gasteiger partial charge in [0.25, 0.3) is 0 Å². The van der Waals surface area contributed by atoms with Crippen molar-refractivity contribution in [1.29, 1.82) is 0 Å². The number of carbonyl (C=O) groups is 1. The summed E-state index contributed by atoms with van der Waals surface area (Å²) < 4.78 is 36.4. The van der Waals surface area contributed by atoms with Gasteiger partial charge in [0.2, 0.25) is 0 Å². The Labute approximate surface area is 55.2 Å². The zero-order valence-corrected chi connectivity index (χ0v) is 5.16. The van der Waals surface area contributed by atoms with E-state index in [0.29, 0.717) is 0 Å². The number of halogens is 3. The van der Waals surface area contributed by atoms with Gasteiger partial charge in [-0.2, -0.15) is 0 Å². The molecule has 0 bridgehead atoms. The number of carbonyl (C=O) groups excluding carboxylic acids is 1. The van der Waals surface area contributed by atoms with Crippen LogP contribution in [0.5, 0.6) is 0 Å². The number of nitrogens with one attached hydrogen (secondary N) is 1. The molecule has 0 radical (unpaired) electrons. The minimum atomic E-state index is -4.89. The van der Waals surface area contributed by atoms with Crippen molar-refractivity contribution >= 4 is 6.09 Å². The van der Waals surface area contributed by atoms with Crippen LogP contribution in [-0.4, -0.2) is 19.0 Å². The Balaban J connectivity index is 3.58. The SMILES string of the molecule is CCNC(=O)OC(F)(F)F. The van der Waals surface area contributed by atoms with Crippen LogP contribution in [0.4, 0.5) is 18.0 Å². The summed E-state index contributed by atoms with van der Waals surface area (Å²) in [6.07, 6.45) is -6.37. The highest BCUT2D eigenvalue weighted by Crippen LogP contribution is 2.15. The molecule has 0 aliphatic heterocycles. The molecule has 0 atom stereocenters. The van der Waals surface area contributed by atoms with Crippen LogP contribution in [0.25, 0.3) is 0 Å². The molecule has 0 aromatic carbocycles. The van der Waals surface area contributed by atoms with Gasteiger partial charge >= 0.3 is 12.5 Å².